The van der Waals surface area contributed by atoms with Gasteiger partial charge in [-0.3, -0.25) is 0 Å². The van der Waals surface area contributed by atoms with Crippen molar-refractivity contribution in [3.63, 3.8) is 0 Å². The smallest absolute Gasteiger partial charge is 0.167 e. The third kappa shape index (κ3) is 1.54. The molecule has 0 atom stereocenters. The first kappa shape index (κ1) is 8.97. The van der Waals surface area contributed by atoms with E-state index in [-0.39, 0.29) is 0 Å². The summed E-state index contributed by atoms with van der Waals surface area (Å²) in [5.74, 6) is 0. The largest absolute Gasteiger partial charge is 0.356 e. The van der Waals surface area contributed by atoms with Gasteiger partial charge in [0.15, 0.2) is 5.58 Å². The van der Waals surface area contributed by atoms with Gasteiger partial charge in [0, 0.05) is 11.9 Å². The highest BCUT2D eigenvalue weighted by atomic mass is 16.5. The third-order valence-corrected chi connectivity index (χ3v) is 2.12. The van der Waals surface area contributed by atoms with Gasteiger partial charge in [-0.1, -0.05) is 23.4 Å². The van der Waals surface area contributed by atoms with E-state index in [1.54, 1.807) is 0 Å². The first-order valence-electron chi connectivity index (χ1n) is 4.54. The minimum absolute atomic E-state index is 0.556. The summed E-state index contributed by atoms with van der Waals surface area (Å²) in [6.45, 7) is 2.49. The Morgan fingerprint density at radius 1 is 1.50 bits per heavy atom. The lowest BCUT2D eigenvalue weighted by Gasteiger charge is -1.92. The van der Waals surface area contributed by atoms with Crippen LogP contribution < -0.4 is 5.73 Å². The Bertz CT molecular complexity index is 471. The van der Waals surface area contributed by atoms with Crippen LogP contribution in [0.5, 0.6) is 0 Å². The molecular formula is C11H12N2O. The number of benzene rings is 1. The SMILES string of the molecule is Cc1noc2ccc(/C=C/CN)cc12. The second kappa shape index (κ2) is 3.64. The fraction of sp³-hybridized carbons (Fsp3) is 0.182. The fourth-order valence-corrected chi connectivity index (χ4v) is 1.38. The molecule has 14 heavy (non-hydrogen) atoms. The van der Waals surface area contributed by atoms with Crippen LogP contribution in [0.1, 0.15) is 11.3 Å². The summed E-state index contributed by atoms with van der Waals surface area (Å²) in [7, 11) is 0. The minimum Gasteiger partial charge on any atom is -0.356 e. The normalized spacial score (nSPS) is 11.6. The van der Waals surface area contributed by atoms with Crippen LogP contribution in [0.15, 0.2) is 28.8 Å². The number of aromatic nitrogens is 1. The van der Waals surface area contributed by atoms with Crippen LogP contribution in [-0.2, 0) is 0 Å². The molecule has 0 aliphatic rings. The van der Waals surface area contributed by atoms with Gasteiger partial charge < -0.3 is 10.3 Å². The Balaban J connectivity index is 2.49. The molecule has 0 fully saturated rings. The van der Waals surface area contributed by atoms with Gasteiger partial charge in [-0.15, -0.1) is 0 Å². The van der Waals surface area contributed by atoms with E-state index in [2.05, 4.69) is 5.16 Å². The van der Waals surface area contributed by atoms with Crippen molar-refractivity contribution >= 4 is 17.0 Å². The molecule has 72 valence electrons. The van der Waals surface area contributed by atoms with E-state index in [9.17, 15) is 0 Å². The molecule has 1 heterocycles. The molecule has 0 aliphatic carbocycles. The summed E-state index contributed by atoms with van der Waals surface area (Å²) in [5.41, 5.74) is 8.25. The maximum Gasteiger partial charge on any atom is 0.167 e. The lowest BCUT2D eigenvalue weighted by atomic mass is 10.1. The lowest BCUT2D eigenvalue weighted by molar-refractivity contribution is 0.450. The standard InChI is InChI=1S/C11H12N2O/c1-8-10-7-9(3-2-6-12)4-5-11(10)14-13-8/h2-5,7H,6,12H2,1H3/b3-2+. The molecule has 0 saturated heterocycles. The van der Waals surface area contributed by atoms with Crippen LogP contribution in [0.25, 0.3) is 17.0 Å². The Labute approximate surface area is 82.2 Å². The average molecular weight is 188 g/mol. The zero-order chi connectivity index (χ0) is 9.97. The van der Waals surface area contributed by atoms with Crippen molar-refractivity contribution in [1.82, 2.24) is 5.16 Å². The van der Waals surface area contributed by atoms with Crippen LogP contribution in [0.2, 0.25) is 0 Å². The van der Waals surface area contributed by atoms with Crippen molar-refractivity contribution in [2.45, 2.75) is 6.92 Å². The molecule has 3 nitrogen and oxygen atoms in total. The number of fused-ring (bicyclic) bond motifs is 1. The van der Waals surface area contributed by atoms with Gasteiger partial charge in [-0.25, -0.2) is 0 Å². The summed E-state index contributed by atoms with van der Waals surface area (Å²) in [6.07, 6.45) is 3.91. The molecular weight excluding hydrogens is 176 g/mol. The van der Waals surface area contributed by atoms with E-state index in [0.29, 0.717) is 6.54 Å². The van der Waals surface area contributed by atoms with Crippen molar-refractivity contribution in [1.29, 1.82) is 0 Å². The Morgan fingerprint density at radius 3 is 3.14 bits per heavy atom. The molecule has 0 aliphatic heterocycles. The van der Waals surface area contributed by atoms with E-state index in [1.807, 2.05) is 37.3 Å². The molecule has 1 aromatic heterocycles. The van der Waals surface area contributed by atoms with Gasteiger partial charge in [-0.05, 0) is 24.6 Å². The molecule has 0 unspecified atom stereocenters. The molecule has 2 N–H and O–H groups in total. The predicted octanol–water partition coefficient (Wildman–Crippen LogP) is 2.11. The van der Waals surface area contributed by atoms with Gasteiger partial charge >= 0.3 is 0 Å². The van der Waals surface area contributed by atoms with E-state index in [1.165, 1.54) is 0 Å². The molecule has 0 radical (unpaired) electrons. The van der Waals surface area contributed by atoms with Gasteiger partial charge in [0.2, 0.25) is 0 Å². The Kier molecular flexibility index (Phi) is 2.33. The molecule has 2 rings (SSSR count). The number of hydrogen-bond donors (Lipinski definition) is 1. The maximum absolute atomic E-state index is 5.38. The van der Waals surface area contributed by atoms with Crippen molar-refractivity contribution in [3.05, 3.63) is 35.5 Å². The first-order valence-corrected chi connectivity index (χ1v) is 4.54. The summed E-state index contributed by atoms with van der Waals surface area (Å²) < 4.78 is 5.11. The second-order valence-corrected chi connectivity index (χ2v) is 3.16. The molecule has 0 bridgehead atoms. The van der Waals surface area contributed by atoms with Crippen molar-refractivity contribution in [3.8, 4) is 0 Å². The molecule has 2 aromatic rings. The van der Waals surface area contributed by atoms with Crippen molar-refractivity contribution in [2.24, 2.45) is 5.73 Å². The van der Waals surface area contributed by atoms with Crippen molar-refractivity contribution < 1.29 is 4.52 Å². The number of hydrogen-bond acceptors (Lipinski definition) is 3. The van der Waals surface area contributed by atoms with Crippen LogP contribution >= 0.6 is 0 Å². The Hall–Kier alpha value is -1.61. The third-order valence-electron chi connectivity index (χ3n) is 2.12. The van der Waals surface area contributed by atoms with Crippen LogP contribution in [-0.4, -0.2) is 11.7 Å². The number of rotatable bonds is 2. The molecule has 3 heteroatoms. The maximum atomic E-state index is 5.38. The van der Waals surface area contributed by atoms with Gasteiger partial charge in [0.1, 0.15) is 0 Å². The highest BCUT2D eigenvalue weighted by Crippen LogP contribution is 2.19. The quantitative estimate of drug-likeness (QED) is 0.785. The second-order valence-electron chi connectivity index (χ2n) is 3.16. The summed E-state index contributed by atoms with van der Waals surface area (Å²) in [4.78, 5) is 0. The van der Waals surface area contributed by atoms with E-state index >= 15 is 0 Å². The van der Waals surface area contributed by atoms with Gasteiger partial charge in [-0.2, -0.15) is 0 Å². The van der Waals surface area contributed by atoms with Gasteiger partial charge in [0.05, 0.1) is 5.69 Å². The molecule has 0 amide bonds. The highest BCUT2D eigenvalue weighted by molar-refractivity contribution is 5.81. The zero-order valence-electron chi connectivity index (χ0n) is 8.03. The number of nitrogens with two attached hydrogens (primary N) is 1. The van der Waals surface area contributed by atoms with Crippen LogP contribution in [0.4, 0.5) is 0 Å². The first-order chi connectivity index (χ1) is 6.81. The lowest BCUT2D eigenvalue weighted by Crippen LogP contribution is -1.91. The van der Waals surface area contributed by atoms with E-state index in [0.717, 1.165) is 22.2 Å². The summed E-state index contributed by atoms with van der Waals surface area (Å²) in [6, 6.07) is 5.96. The van der Waals surface area contributed by atoms with Gasteiger partial charge in [0.25, 0.3) is 0 Å². The summed E-state index contributed by atoms with van der Waals surface area (Å²) in [5, 5.41) is 4.95. The zero-order valence-corrected chi connectivity index (χ0v) is 8.03. The van der Waals surface area contributed by atoms with E-state index in [4.69, 9.17) is 10.3 Å². The number of nitrogens with zero attached hydrogens (tertiary/aromatic N) is 1. The van der Waals surface area contributed by atoms with Crippen LogP contribution in [0.3, 0.4) is 0 Å². The fourth-order valence-electron chi connectivity index (χ4n) is 1.38. The number of aryl methyl sites for hydroxylation is 1. The predicted molar refractivity (Wildman–Crippen MR) is 56.8 cm³/mol. The summed E-state index contributed by atoms with van der Waals surface area (Å²) >= 11 is 0. The van der Waals surface area contributed by atoms with Crippen molar-refractivity contribution in [2.75, 3.05) is 6.54 Å². The van der Waals surface area contributed by atoms with Crippen LogP contribution in [0, 0.1) is 6.92 Å². The minimum atomic E-state index is 0.556. The topological polar surface area (TPSA) is 52.0 Å². The highest BCUT2D eigenvalue weighted by Gasteiger charge is 2.02. The Morgan fingerprint density at radius 2 is 2.36 bits per heavy atom. The monoisotopic (exact) mass is 188 g/mol. The molecule has 0 spiro atoms. The molecule has 0 saturated carbocycles. The molecule has 1 aromatic carbocycles. The van der Waals surface area contributed by atoms with E-state index < -0.39 is 0 Å². The average Bonchev–Trinajstić information content (AvgIpc) is 2.57.